The number of hydrogen-bond acceptors (Lipinski definition) is 5. The molecule has 0 saturated heterocycles. The molecule has 3 aromatic heterocycles. The van der Waals surface area contributed by atoms with E-state index in [-0.39, 0.29) is 0 Å². The topological polar surface area (TPSA) is 51.6 Å². The Morgan fingerprint density at radius 1 is 0.900 bits per heavy atom. The third-order valence-corrected chi connectivity index (χ3v) is 4.24. The van der Waals surface area contributed by atoms with Gasteiger partial charge in [-0.15, -0.1) is 11.3 Å². The smallest absolute Gasteiger partial charge is 0.181 e. The second kappa shape index (κ2) is 4.47. The van der Waals surface area contributed by atoms with E-state index in [1.165, 1.54) is 11.3 Å². The zero-order valence-electron chi connectivity index (χ0n) is 10.1. The fraction of sp³-hybridized carbons (Fsp3) is 0. The Kier molecular flexibility index (Phi) is 2.61. The van der Waals surface area contributed by atoms with Crippen LogP contribution in [-0.4, -0.2) is 19.9 Å². The van der Waals surface area contributed by atoms with Crippen LogP contribution in [0.25, 0.3) is 32.8 Å². The monoisotopic (exact) mass is 298 g/mol. The molecule has 20 heavy (non-hydrogen) atoms. The van der Waals surface area contributed by atoms with Crippen molar-refractivity contribution in [1.29, 1.82) is 0 Å². The van der Waals surface area contributed by atoms with Crippen LogP contribution in [0.5, 0.6) is 0 Å². The Bertz CT molecular complexity index is 935. The Morgan fingerprint density at radius 2 is 1.75 bits per heavy atom. The minimum Gasteiger partial charge on any atom is -0.252 e. The van der Waals surface area contributed by atoms with Crippen molar-refractivity contribution in [3.8, 4) is 11.5 Å². The van der Waals surface area contributed by atoms with Gasteiger partial charge >= 0.3 is 0 Å². The van der Waals surface area contributed by atoms with Gasteiger partial charge in [0.2, 0.25) is 0 Å². The van der Waals surface area contributed by atoms with Crippen LogP contribution in [0.1, 0.15) is 0 Å². The summed E-state index contributed by atoms with van der Waals surface area (Å²) in [5, 5.41) is 2.40. The number of fused-ring (bicyclic) bond motifs is 2. The van der Waals surface area contributed by atoms with E-state index in [2.05, 4.69) is 19.9 Å². The maximum atomic E-state index is 6.18. The van der Waals surface area contributed by atoms with E-state index in [9.17, 15) is 0 Å². The first kappa shape index (κ1) is 11.7. The molecule has 3 heterocycles. The van der Waals surface area contributed by atoms with Crippen molar-refractivity contribution in [3.63, 3.8) is 0 Å². The molecule has 0 atom stereocenters. The van der Waals surface area contributed by atoms with Crippen LogP contribution < -0.4 is 0 Å². The summed E-state index contributed by atoms with van der Waals surface area (Å²) in [4.78, 5) is 17.7. The summed E-state index contributed by atoms with van der Waals surface area (Å²) in [5.41, 5.74) is 3.12. The zero-order chi connectivity index (χ0) is 13.5. The highest BCUT2D eigenvalue weighted by Gasteiger charge is 2.10. The van der Waals surface area contributed by atoms with Crippen LogP contribution in [0.3, 0.4) is 0 Å². The number of para-hydroxylation sites is 2. The van der Waals surface area contributed by atoms with Crippen LogP contribution in [0, 0.1) is 0 Å². The summed E-state index contributed by atoms with van der Waals surface area (Å²) in [6.45, 7) is 0. The molecule has 4 nitrogen and oxygen atoms in total. The summed E-state index contributed by atoms with van der Waals surface area (Å²) in [6.07, 6.45) is 1.67. The SMILES string of the molecule is Clc1nc(-c2cnc3ccccc3n2)nc2ccsc12. The Hall–Kier alpha value is -2.11. The Morgan fingerprint density at radius 3 is 2.65 bits per heavy atom. The van der Waals surface area contributed by atoms with E-state index < -0.39 is 0 Å². The summed E-state index contributed by atoms with van der Waals surface area (Å²) >= 11 is 7.71. The molecule has 96 valence electrons. The molecule has 4 rings (SSSR count). The van der Waals surface area contributed by atoms with E-state index in [1.54, 1.807) is 6.20 Å². The van der Waals surface area contributed by atoms with Gasteiger partial charge in [0.1, 0.15) is 5.69 Å². The summed E-state index contributed by atoms with van der Waals surface area (Å²) in [5.74, 6) is 0.499. The predicted octanol–water partition coefficient (Wildman–Crippen LogP) is 3.95. The van der Waals surface area contributed by atoms with Crippen LogP contribution in [0.15, 0.2) is 41.9 Å². The lowest BCUT2D eigenvalue weighted by molar-refractivity contribution is 1.17. The van der Waals surface area contributed by atoms with E-state index in [1.807, 2.05) is 35.7 Å². The number of hydrogen-bond donors (Lipinski definition) is 0. The van der Waals surface area contributed by atoms with E-state index in [0.29, 0.717) is 16.7 Å². The molecule has 0 fully saturated rings. The van der Waals surface area contributed by atoms with E-state index in [0.717, 1.165) is 21.3 Å². The number of rotatable bonds is 1. The van der Waals surface area contributed by atoms with Gasteiger partial charge in [0.15, 0.2) is 11.0 Å². The molecule has 0 aliphatic heterocycles. The maximum absolute atomic E-state index is 6.18. The Labute approximate surface area is 123 Å². The molecule has 0 saturated carbocycles. The third kappa shape index (κ3) is 1.83. The van der Waals surface area contributed by atoms with Crippen molar-refractivity contribution in [3.05, 3.63) is 47.1 Å². The third-order valence-electron chi connectivity index (χ3n) is 2.94. The molecule has 0 aliphatic carbocycles. The number of aromatic nitrogens is 4. The Balaban J connectivity index is 1.95. The number of benzene rings is 1. The van der Waals surface area contributed by atoms with Crippen LogP contribution >= 0.6 is 22.9 Å². The summed E-state index contributed by atoms with van der Waals surface area (Å²) < 4.78 is 0.893. The van der Waals surface area contributed by atoms with Gasteiger partial charge in [0.25, 0.3) is 0 Å². The quantitative estimate of drug-likeness (QED) is 0.499. The van der Waals surface area contributed by atoms with Crippen molar-refractivity contribution in [2.45, 2.75) is 0 Å². The van der Waals surface area contributed by atoms with Crippen LogP contribution in [0.4, 0.5) is 0 Å². The van der Waals surface area contributed by atoms with Gasteiger partial charge in [-0.2, -0.15) is 0 Å². The van der Waals surface area contributed by atoms with Crippen molar-refractivity contribution < 1.29 is 0 Å². The number of halogens is 1. The fourth-order valence-electron chi connectivity index (χ4n) is 2.01. The normalized spacial score (nSPS) is 11.2. The van der Waals surface area contributed by atoms with Gasteiger partial charge in [0.05, 0.1) is 27.4 Å². The lowest BCUT2D eigenvalue weighted by atomic mass is 10.3. The summed E-state index contributed by atoms with van der Waals surface area (Å²) in [6, 6.07) is 9.61. The summed E-state index contributed by atoms with van der Waals surface area (Å²) in [7, 11) is 0. The first-order valence-electron chi connectivity index (χ1n) is 5.94. The van der Waals surface area contributed by atoms with Crippen molar-refractivity contribution in [2.75, 3.05) is 0 Å². The largest absolute Gasteiger partial charge is 0.252 e. The molecule has 1 aromatic carbocycles. The van der Waals surface area contributed by atoms with Gasteiger partial charge in [-0.05, 0) is 23.6 Å². The highest BCUT2D eigenvalue weighted by molar-refractivity contribution is 7.17. The van der Waals surface area contributed by atoms with Crippen LogP contribution in [0.2, 0.25) is 5.15 Å². The lowest BCUT2D eigenvalue weighted by Crippen LogP contribution is -1.94. The zero-order valence-corrected chi connectivity index (χ0v) is 11.7. The van der Waals surface area contributed by atoms with Crippen molar-refractivity contribution in [1.82, 2.24) is 19.9 Å². The second-order valence-electron chi connectivity index (χ2n) is 4.22. The first-order valence-corrected chi connectivity index (χ1v) is 7.20. The molecule has 0 radical (unpaired) electrons. The molecule has 0 N–H and O–H groups in total. The molecule has 0 bridgehead atoms. The molecular formula is C14H7ClN4S. The fourth-order valence-corrected chi connectivity index (χ4v) is 3.03. The van der Waals surface area contributed by atoms with Gasteiger partial charge in [-0.1, -0.05) is 23.7 Å². The number of nitrogens with zero attached hydrogens (tertiary/aromatic N) is 4. The highest BCUT2D eigenvalue weighted by atomic mass is 35.5. The maximum Gasteiger partial charge on any atom is 0.181 e. The lowest BCUT2D eigenvalue weighted by Gasteiger charge is -2.02. The van der Waals surface area contributed by atoms with Gasteiger partial charge in [-0.25, -0.2) is 15.0 Å². The predicted molar refractivity (Wildman–Crippen MR) is 81.0 cm³/mol. The standard InChI is InChI=1S/C14H7ClN4S/c15-13-12-10(5-6-20-12)18-14(19-13)11-7-16-8-3-1-2-4-9(8)17-11/h1-7H. The molecule has 0 aliphatic rings. The average Bonchev–Trinajstić information content (AvgIpc) is 2.96. The van der Waals surface area contributed by atoms with Crippen molar-refractivity contribution >= 4 is 44.2 Å². The molecule has 4 aromatic rings. The van der Waals surface area contributed by atoms with Gasteiger partial charge in [-0.3, -0.25) is 4.98 Å². The highest BCUT2D eigenvalue weighted by Crippen LogP contribution is 2.28. The van der Waals surface area contributed by atoms with Crippen LogP contribution in [-0.2, 0) is 0 Å². The average molecular weight is 299 g/mol. The molecule has 0 spiro atoms. The molecular weight excluding hydrogens is 292 g/mol. The van der Waals surface area contributed by atoms with Gasteiger partial charge < -0.3 is 0 Å². The minimum absolute atomic E-state index is 0.454. The van der Waals surface area contributed by atoms with E-state index in [4.69, 9.17) is 11.6 Å². The second-order valence-corrected chi connectivity index (χ2v) is 5.49. The molecule has 0 unspecified atom stereocenters. The minimum atomic E-state index is 0.454. The van der Waals surface area contributed by atoms with Crippen molar-refractivity contribution in [2.24, 2.45) is 0 Å². The first-order chi connectivity index (χ1) is 9.81. The van der Waals surface area contributed by atoms with E-state index >= 15 is 0 Å². The number of thiophene rings is 1. The van der Waals surface area contributed by atoms with Gasteiger partial charge in [0, 0.05) is 0 Å². The molecule has 6 heteroatoms. The molecule has 0 amide bonds.